The van der Waals surface area contributed by atoms with Crippen LogP contribution >= 0.6 is 24.0 Å². The van der Waals surface area contributed by atoms with Crippen molar-refractivity contribution in [1.29, 1.82) is 0 Å². The minimum absolute atomic E-state index is 0. The third-order valence-electron chi connectivity index (χ3n) is 5.21. The Morgan fingerprint density at radius 3 is 2.35 bits per heavy atom. The van der Waals surface area contributed by atoms with Crippen LogP contribution < -0.4 is 15.4 Å². The lowest BCUT2D eigenvalue weighted by Crippen LogP contribution is -2.65. The third kappa shape index (κ3) is 6.79. The first-order chi connectivity index (χ1) is 11.9. The van der Waals surface area contributed by atoms with E-state index < -0.39 is 10.0 Å². The van der Waals surface area contributed by atoms with Gasteiger partial charge in [0.25, 0.3) is 0 Å². The van der Waals surface area contributed by atoms with E-state index in [1.165, 1.54) is 0 Å². The van der Waals surface area contributed by atoms with Crippen LogP contribution in [0.3, 0.4) is 0 Å². The average molecular weight is 504 g/mol. The quantitative estimate of drug-likeness (QED) is 0.174. The van der Waals surface area contributed by atoms with Crippen molar-refractivity contribution in [3.05, 3.63) is 0 Å². The molecule has 0 aromatic heterocycles. The highest BCUT2D eigenvalue weighted by Gasteiger charge is 2.53. The molecule has 0 amide bonds. The van der Waals surface area contributed by atoms with Crippen molar-refractivity contribution in [3.63, 3.8) is 0 Å². The summed E-state index contributed by atoms with van der Waals surface area (Å²) in [5, 5.41) is 6.78. The molecule has 1 rings (SSSR count). The van der Waals surface area contributed by atoms with E-state index in [4.69, 9.17) is 4.74 Å². The summed E-state index contributed by atoms with van der Waals surface area (Å²) in [7, 11) is -3.16. The second-order valence-corrected chi connectivity index (χ2v) is 8.47. The van der Waals surface area contributed by atoms with Crippen LogP contribution in [0.25, 0.3) is 0 Å². The van der Waals surface area contributed by atoms with Crippen molar-refractivity contribution < 1.29 is 13.2 Å². The second kappa shape index (κ2) is 12.4. The molecule has 0 aliphatic heterocycles. The van der Waals surface area contributed by atoms with Crippen LogP contribution in [0.15, 0.2) is 4.99 Å². The number of aliphatic imine (C=N–C) groups is 1. The van der Waals surface area contributed by atoms with E-state index in [2.05, 4.69) is 34.2 Å². The first-order valence-electron chi connectivity index (χ1n) is 9.52. The standard InChI is InChI=1S/C17H36N4O3S.HI/c1-6-17(7-2)14(13-15(17)24-9-4)21-16(18-8-3)19-11-12-20-25(22,23)10-5;/h14-15,20H,6-13H2,1-5H3,(H2,18,19,21);1H. The highest BCUT2D eigenvalue weighted by Crippen LogP contribution is 2.48. The Morgan fingerprint density at radius 1 is 1.19 bits per heavy atom. The number of hydrogen-bond donors (Lipinski definition) is 3. The maximum atomic E-state index is 11.5. The molecule has 1 saturated carbocycles. The maximum Gasteiger partial charge on any atom is 0.211 e. The molecule has 0 aromatic rings. The van der Waals surface area contributed by atoms with Crippen molar-refractivity contribution in [1.82, 2.24) is 15.4 Å². The van der Waals surface area contributed by atoms with Gasteiger partial charge < -0.3 is 15.4 Å². The smallest absolute Gasteiger partial charge is 0.211 e. The zero-order valence-corrected chi connectivity index (χ0v) is 19.9. The molecular formula is C17H37IN4O3S. The van der Waals surface area contributed by atoms with E-state index >= 15 is 0 Å². The summed E-state index contributed by atoms with van der Waals surface area (Å²) in [6, 6.07) is 0.323. The summed E-state index contributed by atoms with van der Waals surface area (Å²) >= 11 is 0. The molecule has 0 spiro atoms. The molecule has 1 aliphatic rings. The molecule has 1 fully saturated rings. The number of hydrogen-bond acceptors (Lipinski definition) is 4. The molecule has 0 radical (unpaired) electrons. The molecule has 0 aromatic carbocycles. The fourth-order valence-electron chi connectivity index (χ4n) is 3.54. The second-order valence-electron chi connectivity index (χ2n) is 6.38. The number of guanidine groups is 1. The minimum atomic E-state index is -3.16. The number of nitrogens with zero attached hydrogens (tertiary/aromatic N) is 1. The largest absolute Gasteiger partial charge is 0.378 e. The van der Waals surface area contributed by atoms with Crippen LogP contribution in [-0.4, -0.2) is 58.5 Å². The Labute approximate surface area is 176 Å². The van der Waals surface area contributed by atoms with E-state index in [0.717, 1.165) is 38.4 Å². The summed E-state index contributed by atoms with van der Waals surface area (Å²) < 4.78 is 31.4. The fourth-order valence-corrected chi connectivity index (χ4v) is 4.15. The zero-order valence-electron chi connectivity index (χ0n) is 16.8. The van der Waals surface area contributed by atoms with Gasteiger partial charge in [-0.3, -0.25) is 4.99 Å². The van der Waals surface area contributed by atoms with Gasteiger partial charge in [0.15, 0.2) is 5.96 Å². The van der Waals surface area contributed by atoms with E-state index in [-0.39, 0.29) is 35.1 Å². The van der Waals surface area contributed by atoms with Crippen molar-refractivity contribution in [2.24, 2.45) is 10.4 Å². The summed E-state index contributed by atoms with van der Waals surface area (Å²) in [5.74, 6) is 0.829. The number of nitrogens with one attached hydrogen (secondary N) is 3. The van der Waals surface area contributed by atoms with Crippen molar-refractivity contribution in [2.75, 3.05) is 32.0 Å². The molecule has 9 heteroatoms. The molecule has 7 nitrogen and oxygen atoms in total. The normalized spacial score (nSPS) is 22.3. The van der Waals surface area contributed by atoms with Gasteiger partial charge in [0.1, 0.15) is 0 Å². The Kier molecular flexibility index (Phi) is 12.3. The van der Waals surface area contributed by atoms with Gasteiger partial charge in [-0.05, 0) is 40.0 Å². The van der Waals surface area contributed by atoms with Gasteiger partial charge in [-0.25, -0.2) is 13.1 Å². The molecule has 0 heterocycles. The van der Waals surface area contributed by atoms with E-state index in [9.17, 15) is 8.42 Å². The molecule has 0 bridgehead atoms. The lowest BCUT2D eigenvalue weighted by atomic mass is 9.58. The van der Waals surface area contributed by atoms with E-state index in [1.807, 2.05) is 13.8 Å². The molecular weight excluding hydrogens is 467 g/mol. The van der Waals surface area contributed by atoms with Gasteiger partial charge in [0.05, 0.1) is 18.4 Å². The van der Waals surface area contributed by atoms with Crippen molar-refractivity contribution in [3.8, 4) is 0 Å². The van der Waals surface area contributed by atoms with Gasteiger partial charge >= 0.3 is 0 Å². The van der Waals surface area contributed by atoms with Gasteiger partial charge in [-0.2, -0.15) is 0 Å². The predicted molar refractivity (Wildman–Crippen MR) is 119 cm³/mol. The summed E-state index contributed by atoms with van der Waals surface area (Å²) in [6.07, 6.45) is 3.38. The summed E-state index contributed by atoms with van der Waals surface area (Å²) in [5.41, 5.74) is 0.135. The lowest BCUT2D eigenvalue weighted by Gasteiger charge is -2.55. The topological polar surface area (TPSA) is 91.8 Å². The summed E-state index contributed by atoms with van der Waals surface area (Å²) in [4.78, 5) is 4.50. The Morgan fingerprint density at radius 2 is 1.85 bits per heavy atom. The zero-order chi connectivity index (χ0) is 18.9. The van der Waals surface area contributed by atoms with Crippen LogP contribution in [0, 0.1) is 5.41 Å². The Hall–Kier alpha value is -0.130. The van der Waals surface area contributed by atoms with Gasteiger partial charge in [0, 0.05) is 31.2 Å². The fraction of sp³-hybridized carbons (Fsp3) is 0.941. The minimum Gasteiger partial charge on any atom is -0.378 e. The highest BCUT2D eigenvalue weighted by atomic mass is 127. The van der Waals surface area contributed by atoms with Crippen LogP contribution in [0.2, 0.25) is 0 Å². The average Bonchev–Trinajstić information content (AvgIpc) is 2.59. The number of sulfonamides is 1. The van der Waals surface area contributed by atoms with Crippen LogP contribution in [-0.2, 0) is 14.8 Å². The number of ether oxygens (including phenoxy) is 1. The number of rotatable bonds is 11. The van der Waals surface area contributed by atoms with Crippen LogP contribution in [0.1, 0.15) is 53.9 Å². The van der Waals surface area contributed by atoms with Gasteiger partial charge in [-0.15, -0.1) is 24.0 Å². The van der Waals surface area contributed by atoms with E-state index in [0.29, 0.717) is 25.2 Å². The van der Waals surface area contributed by atoms with Crippen molar-refractivity contribution >= 4 is 40.0 Å². The van der Waals surface area contributed by atoms with Crippen LogP contribution in [0.5, 0.6) is 0 Å². The summed E-state index contributed by atoms with van der Waals surface area (Å²) in [6.45, 7) is 12.3. The Balaban J connectivity index is 0.00000625. The Bertz CT molecular complexity index is 524. The third-order valence-corrected chi connectivity index (χ3v) is 6.61. The van der Waals surface area contributed by atoms with Gasteiger partial charge in [-0.1, -0.05) is 13.8 Å². The maximum absolute atomic E-state index is 11.5. The molecule has 156 valence electrons. The molecule has 2 unspecified atom stereocenters. The predicted octanol–water partition coefficient (Wildman–Crippen LogP) is 2.08. The first-order valence-corrected chi connectivity index (χ1v) is 11.2. The van der Waals surface area contributed by atoms with Gasteiger partial charge in [0.2, 0.25) is 10.0 Å². The SMILES string of the molecule is CCNC(=NCCNS(=O)(=O)CC)NC1CC(OCC)C1(CC)CC.I. The molecule has 1 aliphatic carbocycles. The molecule has 0 saturated heterocycles. The van der Waals surface area contributed by atoms with Crippen LogP contribution in [0.4, 0.5) is 0 Å². The number of halogens is 1. The van der Waals surface area contributed by atoms with E-state index in [1.54, 1.807) is 6.92 Å². The first kappa shape index (κ1) is 25.9. The molecule has 3 N–H and O–H groups in total. The molecule has 2 atom stereocenters. The lowest BCUT2D eigenvalue weighted by molar-refractivity contribution is -0.133. The molecule has 26 heavy (non-hydrogen) atoms. The highest BCUT2D eigenvalue weighted by molar-refractivity contribution is 14.0. The van der Waals surface area contributed by atoms with Crippen molar-refractivity contribution in [2.45, 2.75) is 66.0 Å². The monoisotopic (exact) mass is 504 g/mol.